The summed E-state index contributed by atoms with van der Waals surface area (Å²) in [4.78, 5) is 0. The van der Waals surface area contributed by atoms with Crippen LogP contribution in [-0.4, -0.2) is 8.07 Å². The van der Waals surface area contributed by atoms with Gasteiger partial charge in [-0.3, -0.25) is 0 Å². The van der Waals surface area contributed by atoms with Gasteiger partial charge in [-0.2, -0.15) is 0 Å². The van der Waals surface area contributed by atoms with Gasteiger partial charge in [0.15, 0.2) is 0 Å². The number of rotatable bonds is 0. The molecule has 1 radical (unpaired) electrons. The van der Waals surface area contributed by atoms with Crippen LogP contribution in [0.3, 0.4) is 0 Å². The van der Waals surface area contributed by atoms with E-state index in [0.29, 0.717) is 0 Å². The molecule has 0 aliphatic carbocycles. The van der Waals surface area contributed by atoms with Gasteiger partial charge in [0.1, 0.15) is 8.07 Å². The number of hydrogen-bond acceptors (Lipinski definition) is 0. The minimum absolute atomic E-state index is 1.12. The topological polar surface area (TPSA) is 0 Å². The van der Waals surface area contributed by atoms with Crippen LogP contribution in [-0.2, 0) is 0 Å². The lowest BCUT2D eigenvalue weighted by molar-refractivity contribution is 1.82. The largest absolute Gasteiger partial charge is 0.130 e. The second-order valence-corrected chi connectivity index (χ2v) is 7.43. The van der Waals surface area contributed by atoms with Gasteiger partial charge in [0.25, 0.3) is 0 Å². The lowest BCUT2D eigenvalue weighted by Crippen LogP contribution is -2.15. The van der Waals surface area contributed by atoms with Crippen molar-refractivity contribution in [3.8, 4) is 10.8 Å². The van der Waals surface area contributed by atoms with Crippen LogP contribution in [0, 0.1) is 10.8 Å². The Hall–Kier alpha value is -0.00312. The molecule has 0 aromatic rings. The molecule has 7 heavy (non-hydrogen) atoms. The first-order valence-electron chi connectivity index (χ1n) is 2.20. The molecule has 0 nitrogen and oxygen atoms in total. The van der Waals surface area contributed by atoms with Gasteiger partial charge in [0.2, 0.25) is 0 Å². The van der Waals surface area contributed by atoms with E-state index in [1.807, 2.05) is 0 Å². The molecule has 0 unspecified atom stereocenters. The SMILES string of the molecule is C[Si](C)(C)C#C[S]. The normalized spacial score (nSPS) is 9.57. The van der Waals surface area contributed by atoms with Crippen molar-refractivity contribution in [3.63, 3.8) is 0 Å². The highest BCUT2D eigenvalue weighted by molar-refractivity contribution is 7.85. The van der Waals surface area contributed by atoms with Gasteiger partial charge in [0, 0.05) is 0 Å². The molecule has 2 heteroatoms. The highest BCUT2D eigenvalue weighted by atomic mass is 32.1. The van der Waals surface area contributed by atoms with E-state index in [9.17, 15) is 0 Å². The molecule has 0 bridgehead atoms. The van der Waals surface area contributed by atoms with Crippen LogP contribution in [0.15, 0.2) is 0 Å². The van der Waals surface area contributed by atoms with Gasteiger partial charge in [-0.05, 0) is 17.9 Å². The molecule has 0 saturated heterocycles. The van der Waals surface area contributed by atoms with Crippen molar-refractivity contribution in [2.75, 3.05) is 0 Å². The van der Waals surface area contributed by atoms with Crippen molar-refractivity contribution >= 4 is 20.7 Å². The fourth-order valence-electron chi connectivity index (χ4n) is 0.153. The summed E-state index contributed by atoms with van der Waals surface area (Å²) in [5.41, 5.74) is 2.99. The van der Waals surface area contributed by atoms with Gasteiger partial charge in [0.05, 0.1) is 0 Å². The molecule has 0 atom stereocenters. The molecule has 0 N–H and O–H groups in total. The zero-order chi connectivity index (χ0) is 5.91. The van der Waals surface area contributed by atoms with Crippen molar-refractivity contribution in [2.45, 2.75) is 19.6 Å². The van der Waals surface area contributed by atoms with Crippen molar-refractivity contribution in [2.24, 2.45) is 0 Å². The first-order chi connectivity index (χ1) is 3.06. The Morgan fingerprint density at radius 2 is 1.71 bits per heavy atom. The van der Waals surface area contributed by atoms with Crippen LogP contribution in [0.5, 0.6) is 0 Å². The lowest BCUT2D eigenvalue weighted by atomic mass is 11.4. The Bertz CT molecular complexity index is 101. The van der Waals surface area contributed by atoms with E-state index in [1.165, 1.54) is 0 Å². The summed E-state index contributed by atoms with van der Waals surface area (Å²) >= 11 is 4.47. The minimum atomic E-state index is -1.12. The van der Waals surface area contributed by atoms with Crippen LogP contribution in [0.1, 0.15) is 0 Å². The second kappa shape index (κ2) is 2.34. The molecule has 0 aromatic heterocycles. The molecule has 39 valence electrons. The van der Waals surface area contributed by atoms with Crippen LogP contribution in [0.25, 0.3) is 0 Å². The van der Waals surface area contributed by atoms with E-state index in [1.54, 1.807) is 0 Å². The van der Waals surface area contributed by atoms with Crippen molar-refractivity contribution < 1.29 is 0 Å². The summed E-state index contributed by atoms with van der Waals surface area (Å²) in [6.07, 6.45) is 0. The average molecular weight is 129 g/mol. The molecular weight excluding hydrogens is 120 g/mol. The molecule has 0 aliphatic rings. The van der Waals surface area contributed by atoms with E-state index in [4.69, 9.17) is 0 Å². The highest BCUT2D eigenvalue weighted by Crippen LogP contribution is 1.95. The Morgan fingerprint density at radius 3 is 1.71 bits per heavy atom. The zero-order valence-corrected chi connectivity index (χ0v) is 6.72. The first-order valence-corrected chi connectivity index (χ1v) is 6.11. The summed E-state index contributed by atoms with van der Waals surface area (Å²) in [5.74, 6) is 0. The molecule has 0 amide bonds. The summed E-state index contributed by atoms with van der Waals surface area (Å²) in [7, 11) is -1.12. The standard InChI is InChI=1S/C5H9SSi/c1-7(2,3)5-4-6/h1-3H3. The Kier molecular flexibility index (Phi) is 2.34. The number of hydrogen-bond donors (Lipinski definition) is 0. The van der Waals surface area contributed by atoms with Crippen molar-refractivity contribution in [1.29, 1.82) is 0 Å². The third-order valence-electron chi connectivity index (χ3n) is 0.426. The predicted octanol–water partition coefficient (Wildman–Crippen LogP) is 2.02. The molecule has 0 aromatic carbocycles. The quantitative estimate of drug-likeness (QED) is 0.347. The molecule has 0 aliphatic heterocycles. The van der Waals surface area contributed by atoms with E-state index in [2.05, 4.69) is 43.1 Å². The Morgan fingerprint density at radius 1 is 1.29 bits per heavy atom. The van der Waals surface area contributed by atoms with E-state index >= 15 is 0 Å². The predicted molar refractivity (Wildman–Crippen MR) is 38.7 cm³/mol. The smallest absolute Gasteiger partial charge is 0.116 e. The summed E-state index contributed by atoms with van der Waals surface area (Å²) < 4.78 is 0. The third-order valence-corrected chi connectivity index (χ3v) is 1.58. The minimum Gasteiger partial charge on any atom is -0.116 e. The molecule has 0 spiro atoms. The molecular formula is C5H9SSi. The Balaban J connectivity index is 3.72. The van der Waals surface area contributed by atoms with Crippen LogP contribution < -0.4 is 0 Å². The van der Waals surface area contributed by atoms with Gasteiger partial charge in [-0.15, -0.1) is 5.54 Å². The van der Waals surface area contributed by atoms with Gasteiger partial charge in [-0.25, -0.2) is 0 Å². The van der Waals surface area contributed by atoms with Gasteiger partial charge in [-0.1, -0.05) is 19.6 Å². The summed E-state index contributed by atoms with van der Waals surface area (Å²) in [6.45, 7) is 6.52. The van der Waals surface area contributed by atoms with E-state index in [-0.39, 0.29) is 0 Å². The monoisotopic (exact) mass is 129 g/mol. The van der Waals surface area contributed by atoms with E-state index < -0.39 is 8.07 Å². The maximum Gasteiger partial charge on any atom is 0.130 e. The van der Waals surface area contributed by atoms with Crippen LogP contribution in [0.2, 0.25) is 19.6 Å². The summed E-state index contributed by atoms with van der Waals surface area (Å²) in [5, 5.41) is 2.50. The maximum atomic E-state index is 4.47. The van der Waals surface area contributed by atoms with Crippen molar-refractivity contribution in [3.05, 3.63) is 0 Å². The third kappa shape index (κ3) is 6.00. The highest BCUT2D eigenvalue weighted by Gasteiger charge is 2.06. The fourth-order valence-corrected chi connectivity index (χ4v) is 1.38. The fraction of sp³-hybridized carbons (Fsp3) is 0.600. The van der Waals surface area contributed by atoms with Gasteiger partial charge >= 0.3 is 0 Å². The zero-order valence-electron chi connectivity index (χ0n) is 4.91. The Labute approximate surface area is 51.7 Å². The summed E-state index contributed by atoms with van der Waals surface area (Å²) in [6, 6.07) is 0. The second-order valence-electron chi connectivity index (χ2n) is 2.48. The average Bonchev–Trinajstić information content (AvgIpc) is 1.30. The van der Waals surface area contributed by atoms with E-state index in [0.717, 1.165) is 0 Å². The van der Waals surface area contributed by atoms with Crippen molar-refractivity contribution in [1.82, 2.24) is 0 Å². The molecule has 0 saturated carbocycles. The van der Waals surface area contributed by atoms with Crippen LogP contribution in [0.4, 0.5) is 0 Å². The first kappa shape index (κ1) is 7.00. The molecule has 0 rings (SSSR count). The molecule has 0 fully saturated rings. The maximum absolute atomic E-state index is 4.47. The van der Waals surface area contributed by atoms with Crippen LogP contribution >= 0.6 is 12.6 Å². The van der Waals surface area contributed by atoms with Gasteiger partial charge < -0.3 is 0 Å². The lowest BCUT2D eigenvalue weighted by Gasteiger charge is -2.01. The molecule has 0 heterocycles.